The zero-order chi connectivity index (χ0) is 34.3. The minimum Gasteiger partial charge on any atom is -0.392 e. The molecule has 0 radical (unpaired) electrons. The summed E-state index contributed by atoms with van der Waals surface area (Å²) in [5.41, 5.74) is -1.50. The van der Waals surface area contributed by atoms with Gasteiger partial charge in [0.1, 0.15) is 24.5 Å². The number of anilines is 2. The minimum absolute atomic E-state index is 0.495. The zero-order valence-electron chi connectivity index (χ0n) is 25.6. The molecule has 0 aromatic heterocycles. The highest BCUT2D eigenvalue weighted by atomic mass is 33.5. The molecule has 0 saturated carbocycles. The fourth-order valence-electron chi connectivity index (χ4n) is 10.0. The Morgan fingerprint density at radius 3 is 1.53 bits per heavy atom. The van der Waals surface area contributed by atoms with Crippen LogP contribution >= 0.6 is 53.0 Å². The number of carbonyl (C=O) groups is 4. The van der Waals surface area contributed by atoms with E-state index in [4.69, 9.17) is 0 Å². The number of aliphatic hydroxyl groups excluding tert-OH is 4. The third-order valence-electron chi connectivity index (χ3n) is 12.2. The number of nitrogens with zero attached hydrogens (tertiary/aromatic N) is 4. The highest BCUT2D eigenvalue weighted by Gasteiger charge is 2.92. The Kier molecular flexibility index (Phi) is 5.93. The molecule has 12 rings (SSSR count). The van der Waals surface area contributed by atoms with Crippen LogP contribution in [0.3, 0.4) is 0 Å². The maximum Gasteiger partial charge on any atom is 0.265 e. The van der Waals surface area contributed by atoms with E-state index < -0.39 is 91.7 Å². The average molecular weight is 761 g/mol. The number of carbonyl (C=O) groups excluding carboxylic acids is 4. The van der Waals surface area contributed by atoms with E-state index in [1.807, 2.05) is 0 Å². The van der Waals surface area contributed by atoms with E-state index in [1.165, 1.54) is 33.7 Å². The van der Waals surface area contributed by atoms with E-state index in [9.17, 15) is 39.6 Å². The lowest BCUT2D eigenvalue weighted by atomic mass is 9.52. The van der Waals surface area contributed by atoms with Gasteiger partial charge in [-0.25, -0.2) is 0 Å². The van der Waals surface area contributed by atoms with Crippen molar-refractivity contribution in [3.8, 4) is 0 Å². The Bertz CT molecular complexity index is 1960. The fourth-order valence-corrected chi connectivity index (χ4v) is 19.6. The summed E-state index contributed by atoms with van der Waals surface area (Å²) >= 11 is 0. The third-order valence-corrected chi connectivity index (χ3v) is 20.9. The molecule has 8 fully saturated rings. The summed E-state index contributed by atoms with van der Waals surface area (Å²) in [6.45, 7) is -1.37. The molecule has 256 valence electrons. The number of rotatable bonds is 3. The molecular formula is C30H28N6O8S5. The number of likely N-dealkylation sites (N-methyl/N-ethyl adjacent to an activating group) is 2. The second kappa shape index (κ2) is 9.29. The summed E-state index contributed by atoms with van der Waals surface area (Å²) in [6, 6.07) is 14.3. The average Bonchev–Trinajstić information content (AvgIpc) is 3.71. The van der Waals surface area contributed by atoms with Crippen molar-refractivity contribution in [2.45, 2.75) is 54.9 Å². The van der Waals surface area contributed by atoms with Crippen LogP contribution in [0.25, 0.3) is 0 Å². The largest absolute Gasteiger partial charge is 0.392 e. The van der Waals surface area contributed by atoms with Gasteiger partial charge in [0.15, 0.2) is 0 Å². The van der Waals surface area contributed by atoms with Gasteiger partial charge in [0.25, 0.3) is 23.6 Å². The molecule has 6 N–H and O–H groups in total. The van der Waals surface area contributed by atoms with Crippen molar-refractivity contribution in [2.24, 2.45) is 0 Å². The lowest BCUT2D eigenvalue weighted by Gasteiger charge is -2.58. The second-order valence-electron chi connectivity index (χ2n) is 13.5. The number of para-hydroxylation sites is 2. The van der Waals surface area contributed by atoms with Crippen molar-refractivity contribution >= 4 is 88.0 Å². The van der Waals surface area contributed by atoms with E-state index in [1.54, 1.807) is 48.5 Å². The summed E-state index contributed by atoms with van der Waals surface area (Å²) in [6.07, 6.45) is -5.84. The molecule has 10 aliphatic rings. The molecule has 2 aromatic rings. The Hall–Kier alpha value is -2.49. The number of hydrogen-bond acceptors (Lipinski definition) is 15. The molecule has 4 amide bonds. The van der Waals surface area contributed by atoms with Crippen LogP contribution in [0.2, 0.25) is 0 Å². The predicted octanol–water partition coefficient (Wildman–Crippen LogP) is -0.0762. The zero-order valence-corrected chi connectivity index (χ0v) is 29.7. The Morgan fingerprint density at radius 1 is 0.633 bits per heavy atom. The lowest BCUT2D eigenvalue weighted by Crippen LogP contribution is -2.79. The van der Waals surface area contributed by atoms with E-state index in [0.29, 0.717) is 22.5 Å². The molecule has 10 aliphatic heterocycles. The monoisotopic (exact) mass is 760 g/mol. The van der Waals surface area contributed by atoms with Crippen molar-refractivity contribution in [2.75, 3.05) is 37.9 Å². The Balaban J connectivity index is 1.34. The van der Waals surface area contributed by atoms with Gasteiger partial charge in [-0.05, 0) is 76.3 Å². The Labute approximate surface area is 298 Å². The number of benzene rings is 2. The quantitative estimate of drug-likeness (QED) is 0.228. The highest BCUT2D eigenvalue weighted by molar-refractivity contribution is 9.10. The Morgan fingerprint density at radius 2 is 1.06 bits per heavy atom. The van der Waals surface area contributed by atoms with Crippen molar-refractivity contribution in [1.82, 2.24) is 19.6 Å². The summed E-state index contributed by atoms with van der Waals surface area (Å²) in [4.78, 5) is 57.0. The summed E-state index contributed by atoms with van der Waals surface area (Å²) in [5.74, 6) is -2.38. The van der Waals surface area contributed by atoms with Gasteiger partial charge in [0.2, 0.25) is 19.5 Å². The molecular weight excluding hydrogens is 733 g/mol. The topological polar surface area (TPSA) is 186 Å². The number of piperazine rings is 2. The van der Waals surface area contributed by atoms with Crippen molar-refractivity contribution < 1.29 is 39.6 Å². The molecule has 0 aliphatic carbocycles. The number of nitrogens with one attached hydrogen (secondary N) is 2. The summed E-state index contributed by atoms with van der Waals surface area (Å²) in [5, 5.41) is 55.1. The summed E-state index contributed by atoms with van der Waals surface area (Å²) in [7, 11) is 8.07. The molecule has 14 nitrogen and oxygen atoms in total. The molecule has 49 heavy (non-hydrogen) atoms. The van der Waals surface area contributed by atoms with Gasteiger partial charge < -0.3 is 40.9 Å². The van der Waals surface area contributed by atoms with Crippen LogP contribution in [0.1, 0.15) is 11.1 Å². The van der Waals surface area contributed by atoms with Gasteiger partial charge in [-0.3, -0.25) is 29.0 Å². The molecule has 8 saturated heterocycles. The van der Waals surface area contributed by atoms with E-state index in [2.05, 4.69) is 10.6 Å². The molecule has 10 atom stereocenters. The standard InChI is InChI=1S/C30H28N6O8S5/c1-33-23(43)29-17(39)27(13-7-3-5-9-15(13)31-19(27)35(29)21(41)25(33,11-37)45-47-29)28-14-8-4-6-10-16(14)32-20(28)36-22(42)26(12-38)34(2)24(44)30(36,18(28)40)48-49-46-26/h3-10,17-20,31-32,37-40H,11-12H2,1-2H3/t17-,18-,19+,20+,25-,26-,27+,28+,29-,30-/m0/s1. The fraction of sp³-hybridized carbons (Fsp3) is 0.467. The number of fused-ring (bicyclic) bond motifs is 12. The third kappa shape index (κ3) is 2.73. The minimum atomic E-state index is -1.95. The van der Waals surface area contributed by atoms with Crippen LogP contribution in [-0.2, 0) is 30.0 Å². The highest BCUT2D eigenvalue weighted by Crippen LogP contribution is 2.78. The van der Waals surface area contributed by atoms with Crippen LogP contribution in [0.4, 0.5) is 11.4 Å². The van der Waals surface area contributed by atoms with E-state index >= 15 is 0 Å². The smallest absolute Gasteiger partial charge is 0.265 e. The van der Waals surface area contributed by atoms with Gasteiger partial charge in [-0.1, -0.05) is 36.4 Å². The maximum absolute atomic E-state index is 14.9. The van der Waals surface area contributed by atoms with Crippen molar-refractivity contribution in [1.29, 1.82) is 0 Å². The van der Waals surface area contributed by atoms with Crippen LogP contribution in [0.5, 0.6) is 0 Å². The first-order valence-electron chi connectivity index (χ1n) is 15.4. The van der Waals surface area contributed by atoms with Crippen LogP contribution in [-0.4, -0.2) is 135 Å². The SMILES string of the molecule is CN1C(=O)[C@]23SSS[C@@]1(CO)C(=O)N2[C@H]1Nc2ccccc2[C@@]1([C@@]12c4ccccc4N[C@@H]1N1C(=O)[C@]4(CO)SS[C@]1(C(=O)N4C)[C@H]2O)[C@@H]3O. The molecule has 0 unspecified atom stereocenters. The summed E-state index contributed by atoms with van der Waals surface area (Å²) < 4.78 is 0. The van der Waals surface area contributed by atoms with Crippen LogP contribution in [0, 0.1) is 0 Å². The molecule has 2 aromatic carbocycles. The lowest BCUT2D eigenvalue weighted by molar-refractivity contribution is -0.169. The van der Waals surface area contributed by atoms with Gasteiger partial charge in [0, 0.05) is 25.5 Å². The number of aliphatic hydroxyl groups is 4. The van der Waals surface area contributed by atoms with Crippen LogP contribution in [0.15, 0.2) is 48.5 Å². The van der Waals surface area contributed by atoms with Crippen molar-refractivity contribution in [3.05, 3.63) is 59.7 Å². The molecule has 4 bridgehead atoms. The maximum atomic E-state index is 14.9. The van der Waals surface area contributed by atoms with Gasteiger partial charge in [0.05, 0.1) is 24.0 Å². The van der Waals surface area contributed by atoms with Gasteiger partial charge in [-0.2, -0.15) is 0 Å². The first-order valence-corrected chi connectivity index (χ1v) is 21.0. The van der Waals surface area contributed by atoms with Gasteiger partial charge >= 0.3 is 0 Å². The van der Waals surface area contributed by atoms with E-state index in [0.717, 1.165) is 53.0 Å². The number of amides is 4. The van der Waals surface area contributed by atoms with Crippen LogP contribution < -0.4 is 10.6 Å². The molecule has 2 spiro atoms. The number of hydrogen-bond donors (Lipinski definition) is 6. The molecule has 10 heterocycles. The molecule has 19 heteroatoms. The normalized spacial score (nSPS) is 45.1. The first-order chi connectivity index (χ1) is 23.5. The van der Waals surface area contributed by atoms with E-state index in [-0.39, 0.29) is 0 Å². The predicted molar refractivity (Wildman–Crippen MR) is 185 cm³/mol. The first kappa shape index (κ1) is 31.3. The van der Waals surface area contributed by atoms with Crippen molar-refractivity contribution in [3.63, 3.8) is 0 Å². The second-order valence-corrected chi connectivity index (χ2v) is 20.5. The van der Waals surface area contributed by atoms with Gasteiger partial charge in [-0.15, -0.1) is 0 Å².